The van der Waals surface area contributed by atoms with E-state index in [-0.39, 0.29) is 0 Å². The molecule has 0 aromatic heterocycles. The summed E-state index contributed by atoms with van der Waals surface area (Å²) in [5.41, 5.74) is 1.96. The van der Waals surface area contributed by atoms with Gasteiger partial charge in [-0.3, -0.25) is 0 Å². The average Bonchev–Trinajstić information content (AvgIpc) is 2.50. The lowest BCUT2D eigenvalue weighted by Gasteiger charge is -2.18. The summed E-state index contributed by atoms with van der Waals surface area (Å²) in [6.45, 7) is 1.51. The Morgan fingerprint density at radius 1 is 0.947 bits per heavy atom. The second kappa shape index (κ2) is 5.48. The van der Waals surface area contributed by atoms with Gasteiger partial charge in [-0.25, -0.2) is 0 Å². The van der Waals surface area contributed by atoms with E-state index in [0.29, 0.717) is 6.61 Å². The number of hydrogen-bond donors (Lipinski definition) is 1. The minimum Gasteiger partial charge on any atom is -0.497 e. The summed E-state index contributed by atoms with van der Waals surface area (Å²) in [6.07, 6.45) is 1.75. The van der Waals surface area contributed by atoms with E-state index >= 15 is 0 Å². The highest BCUT2D eigenvalue weighted by atomic mass is 16.5. The van der Waals surface area contributed by atoms with Gasteiger partial charge in [-0.1, -0.05) is 30.3 Å². The van der Waals surface area contributed by atoms with Gasteiger partial charge in [0, 0.05) is 12.1 Å². The van der Waals surface area contributed by atoms with Crippen molar-refractivity contribution in [1.82, 2.24) is 5.32 Å². The molecule has 0 atom stereocenters. The molecule has 0 amide bonds. The first-order valence-corrected chi connectivity index (χ1v) is 6.31. The molecular weight excluding hydrogens is 238 g/mol. The highest BCUT2D eigenvalue weighted by Gasteiger charge is 2.11. The highest BCUT2D eigenvalue weighted by molar-refractivity contribution is 5.69. The Morgan fingerprint density at radius 3 is 2.53 bits per heavy atom. The lowest BCUT2D eigenvalue weighted by atomic mass is 10.1. The molecule has 3 heteroatoms. The second-order valence-electron chi connectivity index (χ2n) is 4.24. The molecule has 19 heavy (non-hydrogen) atoms. The first-order valence-electron chi connectivity index (χ1n) is 6.31. The summed E-state index contributed by atoms with van der Waals surface area (Å²) in [5, 5.41) is 3.32. The first kappa shape index (κ1) is 11.7. The molecule has 2 aromatic carbocycles. The van der Waals surface area contributed by atoms with Crippen LogP contribution in [0.3, 0.4) is 0 Å². The van der Waals surface area contributed by atoms with Crippen LogP contribution in [-0.2, 0) is 4.74 Å². The molecule has 0 radical (unpaired) electrons. The number of rotatable bonds is 3. The summed E-state index contributed by atoms with van der Waals surface area (Å²) in [5.74, 6) is 1.64. The van der Waals surface area contributed by atoms with Crippen LogP contribution in [0.5, 0.6) is 11.5 Å². The molecule has 1 aliphatic heterocycles. The van der Waals surface area contributed by atoms with Crippen LogP contribution in [0.25, 0.3) is 5.70 Å². The van der Waals surface area contributed by atoms with Crippen LogP contribution in [-0.4, -0.2) is 13.2 Å². The van der Waals surface area contributed by atoms with Crippen molar-refractivity contribution in [2.24, 2.45) is 0 Å². The SMILES string of the molecule is C1=C(c2ccccc2Oc2ccccc2)NCCO1. The molecule has 0 spiro atoms. The lowest BCUT2D eigenvalue weighted by Crippen LogP contribution is -2.22. The molecule has 0 saturated carbocycles. The normalized spacial score (nSPS) is 14.0. The molecular formula is C16H15NO2. The van der Waals surface area contributed by atoms with E-state index in [0.717, 1.165) is 29.3 Å². The van der Waals surface area contributed by atoms with Crippen molar-refractivity contribution in [3.8, 4) is 11.5 Å². The fraction of sp³-hybridized carbons (Fsp3) is 0.125. The maximum atomic E-state index is 5.93. The van der Waals surface area contributed by atoms with Crippen molar-refractivity contribution < 1.29 is 9.47 Å². The smallest absolute Gasteiger partial charge is 0.136 e. The summed E-state index contributed by atoms with van der Waals surface area (Å²) in [6, 6.07) is 17.7. The molecule has 3 nitrogen and oxygen atoms in total. The Hall–Kier alpha value is -2.42. The Kier molecular flexibility index (Phi) is 3.36. The van der Waals surface area contributed by atoms with Crippen LogP contribution in [0.1, 0.15) is 5.56 Å². The maximum Gasteiger partial charge on any atom is 0.136 e. The Balaban J connectivity index is 1.91. The summed E-state index contributed by atoms with van der Waals surface area (Å²) in [7, 11) is 0. The van der Waals surface area contributed by atoms with Gasteiger partial charge in [-0.05, 0) is 24.3 Å². The standard InChI is InChI=1S/C16H15NO2/c1-2-6-13(7-3-1)19-16-9-5-4-8-14(16)15-12-18-11-10-17-15/h1-9,12,17H,10-11H2. The maximum absolute atomic E-state index is 5.93. The zero-order chi connectivity index (χ0) is 12.9. The third kappa shape index (κ3) is 2.71. The fourth-order valence-electron chi connectivity index (χ4n) is 1.98. The molecule has 0 unspecified atom stereocenters. The Labute approximate surface area is 112 Å². The summed E-state index contributed by atoms with van der Waals surface area (Å²) in [4.78, 5) is 0. The lowest BCUT2D eigenvalue weighted by molar-refractivity contribution is 0.241. The Bertz CT molecular complexity index is 578. The minimum absolute atomic E-state index is 0.700. The van der Waals surface area contributed by atoms with E-state index in [4.69, 9.17) is 9.47 Å². The molecule has 0 bridgehead atoms. The van der Waals surface area contributed by atoms with Crippen LogP contribution >= 0.6 is 0 Å². The zero-order valence-corrected chi connectivity index (χ0v) is 10.5. The van der Waals surface area contributed by atoms with E-state index in [2.05, 4.69) is 5.32 Å². The largest absolute Gasteiger partial charge is 0.497 e. The molecule has 0 aliphatic carbocycles. The van der Waals surface area contributed by atoms with Crippen LogP contribution in [0, 0.1) is 0 Å². The van der Waals surface area contributed by atoms with E-state index in [1.807, 2.05) is 54.6 Å². The number of benzene rings is 2. The quantitative estimate of drug-likeness (QED) is 0.909. The second-order valence-corrected chi connectivity index (χ2v) is 4.24. The van der Waals surface area contributed by atoms with Gasteiger partial charge >= 0.3 is 0 Å². The van der Waals surface area contributed by atoms with Gasteiger partial charge in [0.15, 0.2) is 0 Å². The number of hydrogen-bond acceptors (Lipinski definition) is 3. The molecule has 1 aliphatic rings. The van der Waals surface area contributed by atoms with E-state index in [9.17, 15) is 0 Å². The third-order valence-corrected chi connectivity index (χ3v) is 2.88. The predicted molar refractivity (Wildman–Crippen MR) is 74.9 cm³/mol. The van der Waals surface area contributed by atoms with Crippen LogP contribution < -0.4 is 10.1 Å². The predicted octanol–water partition coefficient (Wildman–Crippen LogP) is 3.40. The van der Waals surface area contributed by atoms with Crippen LogP contribution in [0.2, 0.25) is 0 Å². The molecule has 0 saturated heterocycles. The zero-order valence-electron chi connectivity index (χ0n) is 10.5. The van der Waals surface area contributed by atoms with Crippen LogP contribution in [0.4, 0.5) is 0 Å². The van der Waals surface area contributed by atoms with Crippen molar-refractivity contribution in [3.05, 3.63) is 66.4 Å². The van der Waals surface area contributed by atoms with Crippen molar-refractivity contribution in [1.29, 1.82) is 0 Å². The average molecular weight is 253 g/mol. The van der Waals surface area contributed by atoms with Crippen molar-refractivity contribution in [2.45, 2.75) is 0 Å². The van der Waals surface area contributed by atoms with Crippen molar-refractivity contribution in [2.75, 3.05) is 13.2 Å². The van der Waals surface area contributed by atoms with Crippen molar-refractivity contribution >= 4 is 5.70 Å². The number of ether oxygens (including phenoxy) is 2. The summed E-state index contributed by atoms with van der Waals surface area (Å²) >= 11 is 0. The number of nitrogens with one attached hydrogen (secondary N) is 1. The van der Waals surface area contributed by atoms with Gasteiger partial charge in [0.25, 0.3) is 0 Å². The van der Waals surface area contributed by atoms with E-state index in [1.165, 1.54) is 0 Å². The third-order valence-electron chi connectivity index (χ3n) is 2.88. The molecule has 1 N–H and O–H groups in total. The highest BCUT2D eigenvalue weighted by Crippen LogP contribution is 2.29. The monoisotopic (exact) mass is 253 g/mol. The van der Waals surface area contributed by atoms with Gasteiger partial charge in [-0.2, -0.15) is 0 Å². The van der Waals surface area contributed by atoms with Gasteiger partial charge in [0.1, 0.15) is 24.4 Å². The van der Waals surface area contributed by atoms with Crippen LogP contribution in [0.15, 0.2) is 60.9 Å². The molecule has 0 fully saturated rings. The fourth-order valence-corrected chi connectivity index (χ4v) is 1.98. The van der Waals surface area contributed by atoms with E-state index < -0.39 is 0 Å². The van der Waals surface area contributed by atoms with Crippen molar-refractivity contribution in [3.63, 3.8) is 0 Å². The number of para-hydroxylation sites is 2. The molecule has 1 heterocycles. The molecule has 96 valence electrons. The topological polar surface area (TPSA) is 30.5 Å². The van der Waals surface area contributed by atoms with Gasteiger partial charge in [0.2, 0.25) is 0 Å². The molecule has 2 aromatic rings. The molecule has 3 rings (SSSR count). The summed E-state index contributed by atoms with van der Waals surface area (Å²) < 4.78 is 11.3. The van der Waals surface area contributed by atoms with Gasteiger partial charge in [0.05, 0.1) is 5.70 Å². The Morgan fingerprint density at radius 2 is 1.74 bits per heavy atom. The van der Waals surface area contributed by atoms with E-state index in [1.54, 1.807) is 6.26 Å². The van der Waals surface area contributed by atoms with Gasteiger partial charge in [-0.15, -0.1) is 0 Å². The minimum atomic E-state index is 0.700. The first-order chi connectivity index (χ1) is 9.43. The van der Waals surface area contributed by atoms with Gasteiger partial charge < -0.3 is 14.8 Å².